The maximum absolute atomic E-state index is 12.5. The third-order valence-electron chi connectivity index (χ3n) is 4.38. The van der Waals surface area contributed by atoms with Crippen LogP contribution in [0.4, 0.5) is 0 Å². The van der Waals surface area contributed by atoms with E-state index >= 15 is 0 Å². The Morgan fingerprint density at radius 1 is 1.29 bits per heavy atom. The quantitative estimate of drug-likeness (QED) is 0.522. The van der Waals surface area contributed by atoms with Crippen molar-refractivity contribution in [2.45, 2.75) is 50.2 Å². The number of carboxylic acid groups (broad SMARTS) is 1. The molecule has 134 valence electrons. The highest BCUT2D eigenvalue weighted by Crippen LogP contribution is 2.21. The van der Waals surface area contributed by atoms with Crippen LogP contribution >= 0.6 is 0 Å². The molecule has 0 saturated carbocycles. The van der Waals surface area contributed by atoms with Crippen molar-refractivity contribution in [3.8, 4) is 0 Å². The molecule has 2 rings (SSSR count). The molecule has 0 bridgehead atoms. The molecule has 2 fully saturated rings. The number of hydrogen-bond acceptors (Lipinski definition) is 6. The first-order chi connectivity index (χ1) is 11.4. The van der Waals surface area contributed by atoms with E-state index in [1.54, 1.807) is 0 Å². The van der Waals surface area contributed by atoms with Gasteiger partial charge >= 0.3 is 11.9 Å². The van der Waals surface area contributed by atoms with Crippen molar-refractivity contribution in [2.24, 2.45) is 0 Å². The van der Waals surface area contributed by atoms with Gasteiger partial charge in [0.1, 0.15) is 12.1 Å². The Morgan fingerprint density at radius 3 is 2.62 bits per heavy atom. The molecule has 0 aromatic heterocycles. The number of carboxylic acids is 1. The van der Waals surface area contributed by atoms with E-state index in [-0.39, 0.29) is 11.9 Å². The van der Waals surface area contributed by atoms with Gasteiger partial charge in [-0.15, -0.1) is 0 Å². The largest absolute Gasteiger partial charge is 0.481 e. The first-order valence-corrected chi connectivity index (χ1v) is 8.08. The zero-order chi connectivity index (χ0) is 17.7. The molecule has 2 saturated heterocycles. The van der Waals surface area contributed by atoms with Gasteiger partial charge in [-0.25, -0.2) is 4.79 Å². The fourth-order valence-corrected chi connectivity index (χ4v) is 3.18. The molecule has 2 aliphatic heterocycles. The lowest BCUT2D eigenvalue weighted by Gasteiger charge is -2.27. The summed E-state index contributed by atoms with van der Waals surface area (Å²) in [5.74, 6) is -2.67. The molecule has 24 heavy (non-hydrogen) atoms. The summed E-state index contributed by atoms with van der Waals surface area (Å²) in [7, 11) is 1.13. The van der Waals surface area contributed by atoms with Gasteiger partial charge in [0.25, 0.3) is 0 Å². The van der Waals surface area contributed by atoms with Gasteiger partial charge in [-0.3, -0.25) is 14.4 Å². The van der Waals surface area contributed by atoms with Crippen LogP contribution in [0.25, 0.3) is 0 Å². The van der Waals surface area contributed by atoms with Crippen molar-refractivity contribution in [1.82, 2.24) is 15.5 Å². The number of carbonyl (C=O) groups excluding carboxylic acids is 3. The maximum Gasteiger partial charge on any atom is 0.328 e. The van der Waals surface area contributed by atoms with Crippen molar-refractivity contribution < 1.29 is 29.0 Å². The van der Waals surface area contributed by atoms with Crippen LogP contribution in [0, 0.1) is 0 Å². The summed E-state index contributed by atoms with van der Waals surface area (Å²) in [6.45, 7) is 1.26. The minimum atomic E-state index is -1.26. The number of nitrogens with zero attached hydrogens (tertiary/aromatic N) is 1. The topological polar surface area (TPSA) is 125 Å². The fourth-order valence-electron chi connectivity index (χ4n) is 3.18. The minimum absolute atomic E-state index is 0.113. The molecule has 0 unspecified atom stereocenters. The Bertz CT molecular complexity index is 517. The summed E-state index contributed by atoms with van der Waals surface area (Å²) in [5, 5.41) is 14.4. The first-order valence-electron chi connectivity index (χ1n) is 8.08. The number of carbonyl (C=O) groups is 4. The molecule has 3 N–H and O–H groups in total. The minimum Gasteiger partial charge on any atom is -0.481 e. The Hall–Kier alpha value is -2.16. The van der Waals surface area contributed by atoms with Gasteiger partial charge in [-0.1, -0.05) is 0 Å². The van der Waals surface area contributed by atoms with Crippen LogP contribution in [0.2, 0.25) is 0 Å². The molecule has 0 aromatic carbocycles. The van der Waals surface area contributed by atoms with Crippen molar-refractivity contribution in [3.63, 3.8) is 0 Å². The van der Waals surface area contributed by atoms with Crippen LogP contribution in [0.15, 0.2) is 0 Å². The lowest BCUT2D eigenvalue weighted by atomic mass is 10.1. The lowest BCUT2D eigenvalue weighted by molar-refractivity contribution is -0.150. The van der Waals surface area contributed by atoms with E-state index in [0.29, 0.717) is 19.4 Å². The monoisotopic (exact) mass is 341 g/mol. The summed E-state index contributed by atoms with van der Waals surface area (Å²) in [6.07, 6.45) is 2.28. The average Bonchev–Trinajstić information content (AvgIpc) is 3.23. The number of methoxy groups -OCH3 is 1. The van der Waals surface area contributed by atoms with Gasteiger partial charge in [0.15, 0.2) is 0 Å². The molecule has 2 aliphatic rings. The average molecular weight is 341 g/mol. The fraction of sp³-hybridized carbons (Fsp3) is 0.733. The van der Waals surface area contributed by atoms with Crippen LogP contribution in [-0.4, -0.2) is 72.1 Å². The zero-order valence-corrected chi connectivity index (χ0v) is 13.6. The highest BCUT2D eigenvalue weighted by molar-refractivity contribution is 5.93. The number of nitrogens with one attached hydrogen (secondary N) is 2. The number of rotatable bonds is 6. The van der Waals surface area contributed by atoms with E-state index in [0.717, 1.165) is 26.5 Å². The van der Waals surface area contributed by atoms with Gasteiger partial charge in [0.2, 0.25) is 11.8 Å². The van der Waals surface area contributed by atoms with Crippen LogP contribution in [0.3, 0.4) is 0 Å². The smallest absolute Gasteiger partial charge is 0.328 e. The second-order valence-electron chi connectivity index (χ2n) is 6.02. The Labute approximate surface area is 139 Å². The van der Waals surface area contributed by atoms with Crippen molar-refractivity contribution in [1.29, 1.82) is 0 Å². The molecule has 9 heteroatoms. The molecule has 0 aromatic rings. The van der Waals surface area contributed by atoms with Gasteiger partial charge in [-0.05, 0) is 32.2 Å². The summed E-state index contributed by atoms with van der Waals surface area (Å²) < 4.78 is 4.52. The third-order valence-corrected chi connectivity index (χ3v) is 4.38. The molecule has 0 radical (unpaired) electrons. The molecule has 2 heterocycles. The van der Waals surface area contributed by atoms with E-state index in [2.05, 4.69) is 15.4 Å². The number of ether oxygens (including phenoxy) is 1. The molecule has 0 aliphatic carbocycles. The molecular formula is C15H23N3O6. The zero-order valence-electron chi connectivity index (χ0n) is 13.6. The number of likely N-dealkylation sites (tertiary alicyclic amines) is 1. The van der Waals surface area contributed by atoms with Gasteiger partial charge in [-0.2, -0.15) is 0 Å². The van der Waals surface area contributed by atoms with Crippen LogP contribution in [0.1, 0.15) is 32.1 Å². The SMILES string of the molecule is COC(=O)[C@H](CC(=O)O)NC(=O)[C@@H]1CCCN1C(=O)[C@@H]1CCCN1. The van der Waals surface area contributed by atoms with Crippen molar-refractivity contribution in [2.75, 3.05) is 20.2 Å². The molecule has 2 amide bonds. The Kier molecular flexibility index (Phi) is 6.13. The van der Waals surface area contributed by atoms with E-state index in [1.807, 2.05) is 0 Å². The summed E-state index contributed by atoms with van der Waals surface area (Å²) in [6, 6.07) is -2.21. The second-order valence-corrected chi connectivity index (χ2v) is 6.02. The Morgan fingerprint density at radius 2 is 2.04 bits per heavy atom. The number of amides is 2. The van der Waals surface area contributed by atoms with Crippen molar-refractivity contribution >= 4 is 23.8 Å². The van der Waals surface area contributed by atoms with E-state index in [1.165, 1.54) is 4.90 Å². The van der Waals surface area contributed by atoms with Gasteiger partial charge in [0.05, 0.1) is 19.6 Å². The van der Waals surface area contributed by atoms with Crippen LogP contribution < -0.4 is 10.6 Å². The predicted octanol–water partition coefficient (Wildman–Crippen LogP) is -1.14. The number of esters is 1. The lowest BCUT2D eigenvalue weighted by Crippen LogP contribution is -2.54. The number of aliphatic carboxylic acids is 1. The Balaban J connectivity index is 2.01. The first kappa shape index (κ1) is 18.2. The van der Waals surface area contributed by atoms with Gasteiger partial charge in [0, 0.05) is 6.54 Å². The highest BCUT2D eigenvalue weighted by Gasteiger charge is 2.39. The van der Waals surface area contributed by atoms with Gasteiger partial charge < -0.3 is 25.4 Å². The summed E-state index contributed by atoms with van der Waals surface area (Å²) in [5.41, 5.74) is 0. The number of hydrogen-bond donors (Lipinski definition) is 3. The van der Waals surface area contributed by atoms with E-state index in [4.69, 9.17) is 5.11 Å². The van der Waals surface area contributed by atoms with E-state index in [9.17, 15) is 19.2 Å². The highest BCUT2D eigenvalue weighted by atomic mass is 16.5. The predicted molar refractivity (Wildman–Crippen MR) is 82.0 cm³/mol. The van der Waals surface area contributed by atoms with E-state index < -0.39 is 36.4 Å². The van der Waals surface area contributed by atoms with Crippen molar-refractivity contribution in [3.05, 3.63) is 0 Å². The molecular weight excluding hydrogens is 318 g/mol. The summed E-state index contributed by atoms with van der Waals surface area (Å²) in [4.78, 5) is 49.0. The van der Waals surface area contributed by atoms with Crippen LogP contribution in [-0.2, 0) is 23.9 Å². The maximum atomic E-state index is 12.5. The second kappa shape index (κ2) is 8.09. The molecule has 0 spiro atoms. The standard InChI is InChI=1S/C15H23N3O6/c1-24-15(23)10(8-12(19)20)17-13(21)11-5-3-7-18(11)14(22)9-4-2-6-16-9/h9-11,16H,2-8H2,1H3,(H,17,21)(H,19,20)/t9-,10-,11-/m0/s1. The third kappa shape index (κ3) is 4.22. The normalized spacial score (nSPS) is 24.5. The summed E-state index contributed by atoms with van der Waals surface area (Å²) >= 11 is 0. The molecule has 3 atom stereocenters. The van der Waals surface area contributed by atoms with Crippen LogP contribution in [0.5, 0.6) is 0 Å². The molecule has 9 nitrogen and oxygen atoms in total.